The molecular weight excluding hydrogens is 200 g/mol. The van der Waals surface area contributed by atoms with E-state index in [2.05, 4.69) is 16.3 Å². The lowest BCUT2D eigenvalue weighted by atomic mass is 10.3. The predicted octanol–water partition coefficient (Wildman–Crippen LogP) is 0.575. The predicted molar refractivity (Wildman–Crippen MR) is 52.2 cm³/mol. The summed E-state index contributed by atoms with van der Waals surface area (Å²) in [7, 11) is 0. The normalized spacial score (nSPS) is 22.0. The second-order valence-corrected chi connectivity index (χ2v) is 4.20. The molecule has 1 aliphatic rings. The average Bonchev–Trinajstić information content (AvgIpc) is 2.65. The summed E-state index contributed by atoms with van der Waals surface area (Å²) in [4.78, 5) is 2.04. The van der Waals surface area contributed by atoms with Crippen LogP contribution in [0.25, 0.3) is 0 Å². The van der Waals surface area contributed by atoms with Crippen LogP contribution in [0.4, 0.5) is 5.13 Å². The SMILES string of the molecule is Cc1nnc(N2CCOC(C#N)C2)s1. The molecule has 0 N–H and O–H groups in total. The summed E-state index contributed by atoms with van der Waals surface area (Å²) >= 11 is 1.55. The van der Waals surface area contributed by atoms with Gasteiger partial charge in [0.15, 0.2) is 6.10 Å². The van der Waals surface area contributed by atoms with Crippen LogP contribution in [0.5, 0.6) is 0 Å². The summed E-state index contributed by atoms with van der Waals surface area (Å²) in [6, 6.07) is 2.10. The molecule has 2 rings (SSSR count). The number of aromatic nitrogens is 2. The van der Waals surface area contributed by atoms with Gasteiger partial charge in [-0.1, -0.05) is 11.3 Å². The van der Waals surface area contributed by atoms with Gasteiger partial charge in [-0.15, -0.1) is 10.2 Å². The van der Waals surface area contributed by atoms with Crippen molar-refractivity contribution in [2.45, 2.75) is 13.0 Å². The molecule has 1 aliphatic heterocycles. The largest absolute Gasteiger partial charge is 0.360 e. The summed E-state index contributed by atoms with van der Waals surface area (Å²) < 4.78 is 5.24. The molecule has 1 unspecified atom stereocenters. The van der Waals surface area contributed by atoms with Gasteiger partial charge in [0.1, 0.15) is 5.01 Å². The molecule has 1 aromatic rings. The Kier molecular flexibility index (Phi) is 2.61. The quantitative estimate of drug-likeness (QED) is 0.678. The maximum absolute atomic E-state index is 8.73. The molecule has 0 aromatic carbocycles. The van der Waals surface area contributed by atoms with E-state index >= 15 is 0 Å². The fourth-order valence-electron chi connectivity index (χ4n) is 1.32. The Morgan fingerprint density at radius 2 is 2.50 bits per heavy atom. The molecule has 1 atom stereocenters. The second kappa shape index (κ2) is 3.90. The summed E-state index contributed by atoms with van der Waals surface area (Å²) in [5.74, 6) is 0. The molecule has 0 saturated carbocycles. The van der Waals surface area contributed by atoms with Crippen LogP contribution in [-0.4, -0.2) is 36.0 Å². The van der Waals surface area contributed by atoms with Crippen LogP contribution in [0.15, 0.2) is 0 Å². The minimum absolute atomic E-state index is 0.340. The summed E-state index contributed by atoms with van der Waals surface area (Å²) in [5, 5.41) is 18.5. The number of morpholine rings is 1. The summed E-state index contributed by atoms with van der Waals surface area (Å²) in [5.41, 5.74) is 0. The standard InChI is InChI=1S/C8H10N4OS/c1-6-10-11-8(14-6)12-2-3-13-7(4-9)5-12/h7H,2-3,5H2,1H3. The first-order chi connectivity index (χ1) is 6.79. The Labute approximate surface area is 85.9 Å². The first-order valence-electron chi connectivity index (χ1n) is 4.36. The van der Waals surface area contributed by atoms with Gasteiger partial charge < -0.3 is 9.64 Å². The van der Waals surface area contributed by atoms with Crippen LogP contribution in [0.1, 0.15) is 5.01 Å². The number of hydrogen-bond donors (Lipinski definition) is 0. The monoisotopic (exact) mass is 210 g/mol. The summed E-state index contributed by atoms with van der Waals surface area (Å²) in [6.45, 7) is 3.87. The van der Waals surface area contributed by atoms with Crippen molar-refractivity contribution >= 4 is 16.5 Å². The molecule has 0 radical (unpaired) electrons. The van der Waals surface area contributed by atoms with Crippen LogP contribution in [-0.2, 0) is 4.74 Å². The number of aryl methyl sites for hydroxylation is 1. The van der Waals surface area contributed by atoms with Crippen molar-refractivity contribution in [3.63, 3.8) is 0 Å². The maximum Gasteiger partial charge on any atom is 0.208 e. The van der Waals surface area contributed by atoms with Gasteiger partial charge in [0.25, 0.3) is 0 Å². The van der Waals surface area contributed by atoms with Gasteiger partial charge in [0.05, 0.1) is 19.2 Å². The zero-order valence-corrected chi connectivity index (χ0v) is 8.62. The Bertz CT molecular complexity index is 358. The first-order valence-corrected chi connectivity index (χ1v) is 5.17. The van der Waals surface area contributed by atoms with Gasteiger partial charge in [-0.25, -0.2) is 0 Å². The molecular formula is C8H10N4OS. The van der Waals surface area contributed by atoms with Gasteiger partial charge in [-0.05, 0) is 6.92 Å². The minimum Gasteiger partial charge on any atom is -0.360 e. The number of nitrogens with zero attached hydrogens (tertiary/aromatic N) is 4. The molecule has 0 amide bonds. The number of anilines is 1. The molecule has 0 bridgehead atoms. The highest BCUT2D eigenvalue weighted by Crippen LogP contribution is 2.21. The zero-order chi connectivity index (χ0) is 9.97. The smallest absolute Gasteiger partial charge is 0.208 e. The van der Waals surface area contributed by atoms with Crippen molar-refractivity contribution in [2.24, 2.45) is 0 Å². The molecule has 5 nitrogen and oxygen atoms in total. The lowest BCUT2D eigenvalue weighted by Gasteiger charge is -2.28. The van der Waals surface area contributed by atoms with Gasteiger partial charge in [-0.3, -0.25) is 0 Å². The van der Waals surface area contributed by atoms with E-state index in [4.69, 9.17) is 10.00 Å². The van der Waals surface area contributed by atoms with Crippen molar-refractivity contribution in [1.29, 1.82) is 5.26 Å². The third-order valence-electron chi connectivity index (χ3n) is 2.00. The number of ether oxygens (including phenoxy) is 1. The first kappa shape index (κ1) is 9.37. The van der Waals surface area contributed by atoms with E-state index in [0.717, 1.165) is 16.7 Å². The second-order valence-electron chi connectivity index (χ2n) is 3.04. The van der Waals surface area contributed by atoms with E-state index in [9.17, 15) is 0 Å². The Morgan fingerprint density at radius 1 is 1.64 bits per heavy atom. The topological polar surface area (TPSA) is 62.0 Å². The Hall–Kier alpha value is -1.19. The van der Waals surface area contributed by atoms with Crippen LogP contribution in [0.2, 0.25) is 0 Å². The Balaban J connectivity index is 2.08. The van der Waals surface area contributed by atoms with Crippen LogP contribution < -0.4 is 4.90 Å². The molecule has 74 valence electrons. The highest BCUT2D eigenvalue weighted by atomic mass is 32.1. The third kappa shape index (κ3) is 1.84. The van der Waals surface area contributed by atoms with Crippen LogP contribution >= 0.6 is 11.3 Å². The number of rotatable bonds is 1. The third-order valence-corrected chi connectivity index (χ3v) is 2.90. The van der Waals surface area contributed by atoms with E-state index in [0.29, 0.717) is 13.2 Å². The van der Waals surface area contributed by atoms with Crippen molar-refractivity contribution in [3.8, 4) is 6.07 Å². The Morgan fingerprint density at radius 3 is 3.14 bits per heavy atom. The van der Waals surface area contributed by atoms with Crippen LogP contribution in [0, 0.1) is 18.3 Å². The van der Waals surface area contributed by atoms with Crippen LogP contribution in [0.3, 0.4) is 0 Å². The highest BCUT2D eigenvalue weighted by molar-refractivity contribution is 7.15. The fraction of sp³-hybridized carbons (Fsp3) is 0.625. The highest BCUT2D eigenvalue weighted by Gasteiger charge is 2.22. The molecule has 1 saturated heterocycles. The van der Waals surface area contributed by atoms with Gasteiger partial charge in [0.2, 0.25) is 5.13 Å². The molecule has 0 spiro atoms. The number of nitriles is 1. The lowest BCUT2D eigenvalue weighted by molar-refractivity contribution is 0.0764. The van der Waals surface area contributed by atoms with E-state index in [1.54, 1.807) is 11.3 Å². The number of hydrogen-bond acceptors (Lipinski definition) is 6. The molecule has 1 fully saturated rings. The fourth-order valence-corrected chi connectivity index (χ4v) is 2.04. The molecule has 0 aliphatic carbocycles. The summed E-state index contributed by atoms with van der Waals surface area (Å²) in [6.07, 6.45) is -0.340. The van der Waals surface area contributed by atoms with E-state index in [1.807, 2.05) is 11.8 Å². The minimum atomic E-state index is -0.340. The molecule has 6 heteroatoms. The van der Waals surface area contributed by atoms with Crippen molar-refractivity contribution < 1.29 is 4.74 Å². The van der Waals surface area contributed by atoms with E-state index in [1.165, 1.54) is 0 Å². The lowest BCUT2D eigenvalue weighted by Crippen LogP contribution is -2.41. The van der Waals surface area contributed by atoms with Crippen molar-refractivity contribution in [3.05, 3.63) is 5.01 Å². The van der Waals surface area contributed by atoms with Crippen molar-refractivity contribution in [1.82, 2.24) is 10.2 Å². The van der Waals surface area contributed by atoms with Gasteiger partial charge in [-0.2, -0.15) is 5.26 Å². The maximum atomic E-state index is 8.73. The van der Waals surface area contributed by atoms with Gasteiger partial charge in [0, 0.05) is 6.54 Å². The van der Waals surface area contributed by atoms with E-state index in [-0.39, 0.29) is 6.10 Å². The molecule has 14 heavy (non-hydrogen) atoms. The molecule has 2 heterocycles. The van der Waals surface area contributed by atoms with E-state index < -0.39 is 0 Å². The van der Waals surface area contributed by atoms with Gasteiger partial charge >= 0.3 is 0 Å². The molecule has 1 aromatic heterocycles. The zero-order valence-electron chi connectivity index (χ0n) is 7.80. The average molecular weight is 210 g/mol. The van der Waals surface area contributed by atoms with Crippen molar-refractivity contribution in [2.75, 3.05) is 24.6 Å².